The van der Waals surface area contributed by atoms with Gasteiger partial charge in [-0.25, -0.2) is 9.78 Å². The number of aromatic nitrogens is 1. The molecule has 2 fully saturated rings. The van der Waals surface area contributed by atoms with Gasteiger partial charge in [0, 0.05) is 26.2 Å². The molecule has 0 aliphatic carbocycles. The Balaban J connectivity index is 1.66. The van der Waals surface area contributed by atoms with Gasteiger partial charge in [0.15, 0.2) is 0 Å². The van der Waals surface area contributed by atoms with E-state index in [1.807, 2.05) is 4.90 Å². The molecule has 0 bridgehead atoms. The van der Waals surface area contributed by atoms with Crippen LogP contribution >= 0.6 is 0 Å². The monoisotopic (exact) mass is 302 g/mol. The molecule has 1 atom stereocenters. The van der Waals surface area contributed by atoms with E-state index in [0.717, 1.165) is 6.20 Å². The van der Waals surface area contributed by atoms with E-state index in [2.05, 4.69) is 15.0 Å². The van der Waals surface area contributed by atoms with E-state index >= 15 is 0 Å². The lowest BCUT2D eigenvalue weighted by Gasteiger charge is -2.37. The first kappa shape index (κ1) is 13.8. The molecular formula is C12H13F3N4O2. The van der Waals surface area contributed by atoms with Crippen LogP contribution in [0.3, 0.4) is 0 Å². The van der Waals surface area contributed by atoms with Crippen molar-refractivity contribution in [3.63, 3.8) is 0 Å². The summed E-state index contributed by atoms with van der Waals surface area (Å²) in [7, 11) is 0. The second-order valence-corrected chi connectivity index (χ2v) is 4.88. The van der Waals surface area contributed by atoms with E-state index in [-0.39, 0.29) is 17.8 Å². The lowest BCUT2D eigenvalue weighted by molar-refractivity contribution is -0.274. The number of fused-ring (bicyclic) bond motifs is 1. The summed E-state index contributed by atoms with van der Waals surface area (Å²) in [6, 6.07) is 2.72. The van der Waals surface area contributed by atoms with Crippen LogP contribution in [0, 0.1) is 0 Å². The first-order chi connectivity index (χ1) is 9.92. The summed E-state index contributed by atoms with van der Waals surface area (Å²) in [6.45, 7) is 2.34. The van der Waals surface area contributed by atoms with Crippen LogP contribution in [0.1, 0.15) is 0 Å². The first-order valence-electron chi connectivity index (χ1n) is 6.43. The minimum Gasteiger partial charge on any atom is -0.404 e. The van der Waals surface area contributed by atoms with Gasteiger partial charge in [-0.2, -0.15) is 0 Å². The van der Waals surface area contributed by atoms with Crippen LogP contribution in [0.15, 0.2) is 18.3 Å². The molecular weight excluding hydrogens is 289 g/mol. The quantitative estimate of drug-likeness (QED) is 0.892. The summed E-state index contributed by atoms with van der Waals surface area (Å²) in [6.07, 6.45) is -3.67. The van der Waals surface area contributed by atoms with Crippen molar-refractivity contribution in [2.75, 3.05) is 31.1 Å². The van der Waals surface area contributed by atoms with Gasteiger partial charge < -0.3 is 19.9 Å². The second-order valence-electron chi connectivity index (χ2n) is 4.88. The van der Waals surface area contributed by atoms with Crippen molar-refractivity contribution >= 4 is 11.8 Å². The summed E-state index contributed by atoms with van der Waals surface area (Å²) in [5.74, 6) is 0.228. The first-order valence-corrected chi connectivity index (χ1v) is 6.43. The minimum atomic E-state index is -4.72. The molecule has 6 nitrogen and oxygen atoms in total. The largest absolute Gasteiger partial charge is 0.573 e. The van der Waals surface area contributed by atoms with Crippen molar-refractivity contribution in [1.29, 1.82) is 0 Å². The number of alkyl halides is 3. The summed E-state index contributed by atoms with van der Waals surface area (Å²) in [5.41, 5.74) is 0. The van der Waals surface area contributed by atoms with Gasteiger partial charge in [-0.3, -0.25) is 0 Å². The molecule has 0 radical (unpaired) electrons. The normalized spacial score (nSPS) is 22.0. The van der Waals surface area contributed by atoms with Crippen molar-refractivity contribution in [1.82, 2.24) is 15.2 Å². The number of anilines is 1. The Labute approximate surface area is 118 Å². The number of nitrogens with zero attached hydrogens (tertiary/aromatic N) is 3. The molecule has 2 aliphatic rings. The highest BCUT2D eigenvalue weighted by atomic mass is 19.4. The number of carbonyl (C=O) groups is 1. The Kier molecular flexibility index (Phi) is 3.26. The number of carbonyl (C=O) groups excluding carboxylic acids is 1. The number of urea groups is 1. The molecule has 3 rings (SSSR count). The Bertz CT molecular complexity index is 534. The zero-order valence-electron chi connectivity index (χ0n) is 10.9. The molecule has 1 N–H and O–H groups in total. The maximum Gasteiger partial charge on any atom is 0.573 e. The van der Waals surface area contributed by atoms with Gasteiger partial charge in [0.2, 0.25) is 0 Å². The van der Waals surface area contributed by atoms with Crippen molar-refractivity contribution in [2.24, 2.45) is 0 Å². The van der Waals surface area contributed by atoms with E-state index < -0.39 is 6.36 Å². The molecule has 21 heavy (non-hydrogen) atoms. The van der Waals surface area contributed by atoms with Crippen LogP contribution in [0.5, 0.6) is 5.75 Å². The number of ether oxygens (including phenoxy) is 1. The number of hydrogen-bond acceptors (Lipinski definition) is 4. The third-order valence-electron chi connectivity index (χ3n) is 3.51. The van der Waals surface area contributed by atoms with Crippen molar-refractivity contribution < 1.29 is 22.7 Å². The molecule has 2 aliphatic heterocycles. The maximum atomic E-state index is 12.1. The van der Waals surface area contributed by atoms with Gasteiger partial charge in [0.1, 0.15) is 11.6 Å². The van der Waals surface area contributed by atoms with Crippen LogP contribution in [0.2, 0.25) is 0 Å². The standard InChI is InChI=1S/C12H13F3N4O2/c13-12(14,15)21-9-1-2-10(16-6-9)18-3-4-19-8(7-18)5-17-11(19)20/h1-2,6,8H,3-5,7H2,(H,17,20). The molecule has 0 saturated carbocycles. The Morgan fingerprint density at radius 2 is 2.14 bits per heavy atom. The van der Waals surface area contributed by atoms with Gasteiger partial charge >= 0.3 is 12.4 Å². The lowest BCUT2D eigenvalue weighted by Crippen LogP contribution is -2.52. The lowest BCUT2D eigenvalue weighted by atomic mass is 10.2. The van der Waals surface area contributed by atoms with Gasteiger partial charge in [-0.15, -0.1) is 13.2 Å². The average molecular weight is 302 g/mol. The van der Waals surface area contributed by atoms with Gasteiger partial charge in [0.05, 0.1) is 12.2 Å². The van der Waals surface area contributed by atoms with Crippen molar-refractivity contribution in [3.05, 3.63) is 18.3 Å². The van der Waals surface area contributed by atoms with Crippen molar-refractivity contribution in [3.8, 4) is 5.75 Å². The van der Waals surface area contributed by atoms with Crippen LogP contribution in [0.25, 0.3) is 0 Å². The number of amides is 2. The third-order valence-corrected chi connectivity index (χ3v) is 3.51. The molecule has 1 aromatic heterocycles. The highest BCUT2D eigenvalue weighted by molar-refractivity contribution is 5.77. The van der Waals surface area contributed by atoms with Crippen LogP contribution in [0.4, 0.5) is 23.8 Å². The van der Waals surface area contributed by atoms with E-state index in [1.54, 1.807) is 4.90 Å². The maximum absolute atomic E-state index is 12.1. The van der Waals surface area contributed by atoms with Crippen LogP contribution < -0.4 is 15.0 Å². The molecule has 9 heteroatoms. The Morgan fingerprint density at radius 3 is 2.81 bits per heavy atom. The smallest absolute Gasteiger partial charge is 0.404 e. The topological polar surface area (TPSA) is 57.7 Å². The number of piperazine rings is 1. The molecule has 3 heterocycles. The molecule has 114 valence electrons. The number of halogens is 3. The zero-order chi connectivity index (χ0) is 15.0. The predicted molar refractivity (Wildman–Crippen MR) is 67.0 cm³/mol. The van der Waals surface area contributed by atoms with Crippen LogP contribution in [-0.2, 0) is 0 Å². The highest BCUT2D eigenvalue weighted by Gasteiger charge is 2.36. The fraction of sp³-hybridized carbons (Fsp3) is 0.500. The van der Waals surface area contributed by atoms with E-state index in [0.29, 0.717) is 32.0 Å². The van der Waals surface area contributed by atoms with E-state index in [4.69, 9.17) is 0 Å². The molecule has 0 aromatic carbocycles. The number of nitrogens with one attached hydrogen (secondary N) is 1. The van der Waals surface area contributed by atoms with Gasteiger partial charge in [-0.05, 0) is 12.1 Å². The molecule has 2 saturated heterocycles. The predicted octanol–water partition coefficient (Wildman–Crippen LogP) is 1.19. The summed E-state index contributed by atoms with van der Waals surface area (Å²) in [4.78, 5) is 19.2. The Morgan fingerprint density at radius 1 is 1.33 bits per heavy atom. The second kappa shape index (κ2) is 4.97. The zero-order valence-corrected chi connectivity index (χ0v) is 10.9. The molecule has 1 unspecified atom stereocenters. The van der Waals surface area contributed by atoms with Crippen LogP contribution in [-0.4, -0.2) is 54.5 Å². The van der Waals surface area contributed by atoms with E-state index in [9.17, 15) is 18.0 Å². The SMILES string of the molecule is O=C1NCC2CN(c3ccc(OC(F)(F)F)cn3)CCN12. The molecule has 0 spiro atoms. The third kappa shape index (κ3) is 2.96. The fourth-order valence-electron chi connectivity index (χ4n) is 2.57. The molecule has 1 aromatic rings. The van der Waals surface area contributed by atoms with Gasteiger partial charge in [-0.1, -0.05) is 0 Å². The average Bonchev–Trinajstić information content (AvgIpc) is 2.79. The summed E-state index contributed by atoms with van der Waals surface area (Å²) < 4.78 is 40.0. The van der Waals surface area contributed by atoms with E-state index in [1.165, 1.54) is 12.1 Å². The summed E-state index contributed by atoms with van der Waals surface area (Å²) >= 11 is 0. The number of hydrogen-bond donors (Lipinski definition) is 1. The molecule has 2 amide bonds. The number of rotatable bonds is 2. The van der Waals surface area contributed by atoms with Gasteiger partial charge in [0.25, 0.3) is 0 Å². The highest BCUT2D eigenvalue weighted by Crippen LogP contribution is 2.25. The fourth-order valence-corrected chi connectivity index (χ4v) is 2.57. The minimum absolute atomic E-state index is 0.0680. The summed E-state index contributed by atoms with van der Waals surface area (Å²) in [5, 5.41) is 2.76. The Hall–Kier alpha value is -2.19. The number of pyridine rings is 1. The van der Waals surface area contributed by atoms with Crippen molar-refractivity contribution in [2.45, 2.75) is 12.4 Å².